The molecule has 0 spiro atoms. The highest BCUT2D eigenvalue weighted by Crippen LogP contribution is 2.26. The van der Waals surface area contributed by atoms with Gasteiger partial charge in [-0.3, -0.25) is 0 Å². The van der Waals surface area contributed by atoms with E-state index in [0.29, 0.717) is 13.1 Å². The van der Waals surface area contributed by atoms with Crippen molar-refractivity contribution >= 4 is 41.3 Å². The van der Waals surface area contributed by atoms with Crippen molar-refractivity contribution < 1.29 is 9.13 Å². The van der Waals surface area contributed by atoms with Gasteiger partial charge in [-0.05, 0) is 45.4 Å². The first kappa shape index (κ1) is 23.0. The zero-order valence-electron chi connectivity index (χ0n) is 16.7. The molecular weight excluding hydrogens is 490 g/mol. The molecule has 0 aliphatic carbocycles. The van der Waals surface area contributed by atoms with Crippen LogP contribution >= 0.6 is 35.3 Å². The van der Waals surface area contributed by atoms with E-state index in [4.69, 9.17) is 9.73 Å². The van der Waals surface area contributed by atoms with Gasteiger partial charge in [-0.1, -0.05) is 12.1 Å². The van der Waals surface area contributed by atoms with E-state index in [2.05, 4.69) is 36.0 Å². The number of halogens is 2. The highest BCUT2D eigenvalue weighted by Gasteiger charge is 2.28. The second-order valence-corrected chi connectivity index (χ2v) is 8.10. The summed E-state index contributed by atoms with van der Waals surface area (Å²) in [4.78, 5) is 12.8. The number of ether oxygens (including phenoxy) is 1. The fourth-order valence-corrected chi connectivity index (χ4v) is 4.02. The van der Waals surface area contributed by atoms with E-state index in [1.165, 1.54) is 17.0 Å². The summed E-state index contributed by atoms with van der Waals surface area (Å²) in [5, 5.41) is 4.41. The Labute approximate surface area is 187 Å². The van der Waals surface area contributed by atoms with E-state index >= 15 is 0 Å². The van der Waals surface area contributed by atoms with E-state index < -0.39 is 0 Å². The maximum atomic E-state index is 13.2. The van der Waals surface area contributed by atoms with Gasteiger partial charge < -0.3 is 15.0 Å². The summed E-state index contributed by atoms with van der Waals surface area (Å²) in [5.74, 6) is 0.633. The molecule has 154 valence electrons. The number of thiazole rings is 1. The molecule has 0 radical (unpaired) electrons. The van der Waals surface area contributed by atoms with Gasteiger partial charge in [-0.15, -0.1) is 35.3 Å². The maximum Gasteiger partial charge on any atom is 0.194 e. The van der Waals surface area contributed by atoms with Crippen LogP contribution in [0.3, 0.4) is 0 Å². The Bertz CT molecular complexity index is 777. The average Bonchev–Trinajstić information content (AvgIpc) is 2.96. The standard InChI is InChI=1S/C20H27FN4OS.HI/c1-5-22-20(23-10-19-24-14(3)15(4)27-19)25-11-13(2)26-18(12-25)16-6-8-17(21)9-7-16;/h6-9,13,18H,5,10-12H2,1-4H3,(H,22,23);1H. The normalized spacial score (nSPS) is 20.0. The number of nitrogens with one attached hydrogen (secondary N) is 1. The lowest BCUT2D eigenvalue weighted by molar-refractivity contribution is -0.0605. The lowest BCUT2D eigenvalue weighted by Crippen LogP contribution is -2.50. The van der Waals surface area contributed by atoms with E-state index in [1.807, 2.05) is 6.92 Å². The molecule has 0 bridgehead atoms. The van der Waals surface area contributed by atoms with Gasteiger partial charge >= 0.3 is 0 Å². The molecule has 1 saturated heterocycles. The zero-order chi connectivity index (χ0) is 19.4. The molecular formula is C20H28FIN4OS. The van der Waals surface area contributed by atoms with Crippen LogP contribution in [0.1, 0.15) is 41.1 Å². The molecule has 1 N–H and O–H groups in total. The van der Waals surface area contributed by atoms with Gasteiger partial charge in [0, 0.05) is 18.0 Å². The second-order valence-electron chi connectivity index (χ2n) is 6.81. The highest BCUT2D eigenvalue weighted by molar-refractivity contribution is 14.0. The SMILES string of the molecule is CCNC(=NCc1nc(C)c(C)s1)N1CC(C)OC(c2ccc(F)cc2)C1.I. The molecule has 8 heteroatoms. The first-order valence-corrected chi connectivity index (χ1v) is 10.1. The lowest BCUT2D eigenvalue weighted by atomic mass is 10.1. The van der Waals surface area contributed by atoms with E-state index in [9.17, 15) is 4.39 Å². The van der Waals surface area contributed by atoms with Gasteiger partial charge in [0.25, 0.3) is 0 Å². The first-order valence-electron chi connectivity index (χ1n) is 9.33. The quantitative estimate of drug-likeness (QED) is 0.370. The van der Waals surface area contributed by atoms with Crippen molar-refractivity contribution in [3.63, 3.8) is 0 Å². The van der Waals surface area contributed by atoms with Crippen LogP contribution in [0.15, 0.2) is 29.3 Å². The second kappa shape index (κ2) is 10.5. The largest absolute Gasteiger partial charge is 0.367 e. The molecule has 3 rings (SSSR count). The van der Waals surface area contributed by atoms with Gasteiger partial charge in [-0.2, -0.15) is 0 Å². The Kier molecular flexibility index (Phi) is 8.63. The Morgan fingerprint density at radius 2 is 2.04 bits per heavy atom. The zero-order valence-corrected chi connectivity index (χ0v) is 19.9. The van der Waals surface area contributed by atoms with Crippen LogP contribution in [0.4, 0.5) is 4.39 Å². The van der Waals surface area contributed by atoms with Crippen molar-refractivity contribution in [3.05, 3.63) is 51.2 Å². The molecule has 0 saturated carbocycles. The summed E-state index contributed by atoms with van der Waals surface area (Å²) >= 11 is 1.70. The molecule has 1 aliphatic rings. The third kappa shape index (κ3) is 5.87. The fraction of sp³-hybridized carbons (Fsp3) is 0.500. The number of morpholine rings is 1. The molecule has 2 aromatic rings. The number of guanidine groups is 1. The summed E-state index contributed by atoms with van der Waals surface area (Å²) < 4.78 is 19.3. The monoisotopic (exact) mass is 518 g/mol. The molecule has 5 nitrogen and oxygen atoms in total. The predicted molar refractivity (Wildman–Crippen MR) is 123 cm³/mol. The number of hydrogen-bond donors (Lipinski definition) is 1. The van der Waals surface area contributed by atoms with Crippen molar-refractivity contribution in [1.82, 2.24) is 15.2 Å². The number of hydrogen-bond acceptors (Lipinski definition) is 4. The number of aryl methyl sites for hydroxylation is 2. The van der Waals surface area contributed by atoms with Gasteiger partial charge in [0.1, 0.15) is 16.9 Å². The fourth-order valence-electron chi connectivity index (χ4n) is 3.16. The molecule has 1 aliphatic heterocycles. The molecule has 1 aromatic heterocycles. The summed E-state index contributed by atoms with van der Waals surface area (Å²) in [5.41, 5.74) is 2.06. The molecule has 2 atom stereocenters. The predicted octanol–water partition coefficient (Wildman–Crippen LogP) is 4.44. The van der Waals surface area contributed by atoms with Crippen molar-refractivity contribution in [2.45, 2.75) is 46.4 Å². The summed E-state index contributed by atoms with van der Waals surface area (Å²) in [7, 11) is 0. The topological polar surface area (TPSA) is 49.8 Å². The molecule has 2 heterocycles. The average molecular weight is 518 g/mol. The number of nitrogens with zero attached hydrogens (tertiary/aromatic N) is 3. The minimum absolute atomic E-state index is 0. The first-order chi connectivity index (χ1) is 13.0. The minimum atomic E-state index is -0.233. The number of benzene rings is 1. The van der Waals surface area contributed by atoms with Crippen molar-refractivity contribution in [2.24, 2.45) is 4.99 Å². The van der Waals surface area contributed by atoms with Crippen LogP contribution in [0.5, 0.6) is 0 Å². The Hall–Kier alpha value is -1.26. The molecule has 0 amide bonds. The van der Waals surface area contributed by atoms with Crippen LogP contribution in [0.25, 0.3) is 0 Å². The summed E-state index contributed by atoms with van der Waals surface area (Å²) in [6, 6.07) is 6.55. The van der Waals surface area contributed by atoms with Crippen molar-refractivity contribution in [2.75, 3.05) is 19.6 Å². The summed E-state index contributed by atoms with van der Waals surface area (Å²) in [6.45, 7) is 11.0. The molecule has 1 fully saturated rings. The molecule has 1 aromatic carbocycles. The van der Waals surface area contributed by atoms with Crippen LogP contribution in [-0.2, 0) is 11.3 Å². The number of rotatable bonds is 4. The lowest BCUT2D eigenvalue weighted by Gasteiger charge is -2.38. The van der Waals surface area contributed by atoms with Crippen LogP contribution in [0.2, 0.25) is 0 Å². The Balaban J connectivity index is 0.00000280. The third-order valence-corrected chi connectivity index (χ3v) is 5.63. The third-order valence-electron chi connectivity index (χ3n) is 4.57. The highest BCUT2D eigenvalue weighted by atomic mass is 127. The van der Waals surface area contributed by atoms with Crippen LogP contribution in [0, 0.1) is 19.7 Å². The summed E-state index contributed by atoms with van der Waals surface area (Å²) in [6.07, 6.45) is -0.0513. The minimum Gasteiger partial charge on any atom is -0.367 e. The van der Waals surface area contributed by atoms with Crippen molar-refractivity contribution in [3.8, 4) is 0 Å². The van der Waals surface area contributed by atoms with Crippen molar-refractivity contribution in [1.29, 1.82) is 0 Å². The van der Waals surface area contributed by atoms with Crippen LogP contribution < -0.4 is 5.32 Å². The molecule has 2 unspecified atom stereocenters. The maximum absolute atomic E-state index is 13.2. The van der Waals surface area contributed by atoms with Gasteiger partial charge in [0.05, 0.1) is 24.9 Å². The Morgan fingerprint density at radius 3 is 2.64 bits per heavy atom. The smallest absolute Gasteiger partial charge is 0.194 e. The number of aromatic nitrogens is 1. The van der Waals surface area contributed by atoms with E-state index in [1.54, 1.807) is 23.5 Å². The number of aliphatic imine (C=N–C) groups is 1. The van der Waals surface area contributed by atoms with Gasteiger partial charge in [-0.25, -0.2) is 14.4 Å². The van der Waals surface area contributed by atoms with Gasteiger partial charge in [0.15, 0.2) is 5.96 Å². The van der Waals surface area contributed by atoms with E-state index in [-0.39, 0.29) is 42.0 Å². The van der Waals surface area contributed by atoms with Gasteiger partial charge in [0.2, 0.25) is 0 Å². The Morgan fingerprint density at radius 1 is 1.32 bits per heavy atom. The van der Waals surface area contributed by atoms with Crippen LogP contribution in [-0.4, -0.2) is 41.6 Å². The van der Waals surface area contributed by atoms with E-state index in [0.717, 1.165) is 35.3 Å². The molecule has 28 heavy (non-hydrogen) atoms.